The molecular weight excluding hydrogens is 316 g/mol. The molecule has 0 aliphatic carbocycles. The highest BCUT2D eigenvalue weighted by atomic mass is 35.5. The maximum atomic E-state index is 12.5. The smallest absolute Gasteiger partial charge is 0.253 e. The van der Waals surface area contributed by atoms with Crippen LogP contribution < -0.4 is 5.73 Å². The van der Waals surface area contributed by atoms with Gasteiger partial charge in [0.1, 0.15) is 0 Å². The summed E-state index contributed by atoms with van der Waals surface area (Å²) in [5.41, 5.74) is 7.36. The Hall–Kier alpha value is -1.14. The van der Waals surface area contributed by atoms with E-state index in [4.69, 9.17) is 15.2 Å². The van der Waals surface area contributed by atoms with E-state index in [2.05, 4.69) is 0 Å². The average Bonchev–Trinajstić information content (AvgIpc) is 3.02. The Kier molecular flexibility index (Phi) is 6.03. The van der Waals surface area contributed by atoms with Gasteiger partial charge < -0.3 is 20.1 Å². The number of hydrogen-bond donors (Lipinski definition) is 1. The normalized spacial score (nSPS) is 21.0. The van der Waals surface area contributed by atoms with Gasteiger partial charge in [-0.15, -0.1) is 12.4 Å². The highest BCUT2D eigenvalue weighted by Crippen LogP contribution is 2.35. The molecule has 2 N–H and O–H groups in total. The van der Waals surface area contributed by atoms with E-state index in [0.717, 1.165) is 37.1 Å². The molecule has 0 spiro atoms. The Morgan fingerprint density at radius 2 is 1.78 bits per heavy atom. The second-order valence-electron chi connectivity index (χ2n) is 6.18. The molecule has 6 heteroatoms. The number of nitrogens with two attached hydrogens (primary N) is 1. The fraction of sp³-hybridized carbons (Fsp3) is 0.588. The van der Waals surface area contributed by atoms with Gasteiger partial charge in [-0.3, -0.25) is 4.79 Å². The fourth-order valence-corrected chi connectivity index (χ4v) is 3.34. The minimum Gasteiger partial charge on any atom is -0.348 e. The van der Waals surface area contributed by atoms with Gasteiger partial charge in [-0.2, -0.15) is 0 Å². The van der Waals surface area contributed by atoms with Gasteiger partial charge in [0.05, 0.1) is 13.2 Å². The molecule has 2 fully saturated rings. The standard InChI is InChI=1S/C17H24N2O3.ClH/c1-17(21-10-11-22-17)15-6-8-19(9-7-15)16(20)14-4-2-13(12-18)3-5-14;/h2-5,15H,6-12,18H2,1H3;1H. The van der Waals surface area contributed by atoms with Gasteiger partial charge in [0, 0.05) is 31.1 Å². The number of ether oxygens (including phenoxy) is 2. The Morgan fingerprint density at radius 3 is 2.30 bits per heavy atom. The van der Waals surface area contributed by atoms with Crippen molar-refractivity contribution in [3.05, 3.63) is 35.4 Å². The zero-order chi connectivity index (χ0) is 15.6. The number of halogens is 1. The van der Waals surface area contributed by atoms with Crippen LogP contribution in [0.1, 0.15) is 35.7 Å². The summed E-state index contributed by atoms with van der Waals surface area (Å²) in [5.74, 6) is -0.00291. The number of piperidine rings is 1. The van der Waals surface area contributed by atoms with Crippen molar-refractivity contribution >= 4 is 18.3 Å². The van der Waals surface area contributed by atoms with E-state index in [1.807, 2.05) is 36.1 Å². The van der Waals surface area contributed by atoms with Gasteiger partial charge in [-0.05, 0) is 37.5 Å². The van der Waals surface area contributed by atoms with Crippen molar-refractivity contribution in [3.8, 4) is 0 Å². The van der Waals surface area contributed by atoms with Crippen molar-refractivity contribution in [1.29, 1.82) is 0 Å². The summed E-state index contributed by atoms with van der Waals surface area (Å²) in [6.07, 6.45) is 1.84. The second-order valence-corrected chi connectivity index (χ2v) is 6.18. The Morgan fingerprint density at radius 1 is 1.22 bits per heavy atom. The lowest BCUT2D eigenvalue weighted by Gasteiger charge is -2.39. The Bertz CT molecular complexity index is 521. The first-order chi connectivity index (χ1) is 10.6. The molecule has 0 saturated carbocycles. The van der Waals surface area contributed by atoms with Crippen LogP contribution in [0.5, 0.6) is 0 Å². The minimum absolute atomic E-state index is 0. The van der Waals surface area contributed by atoms with Gasteiger partial charge in [-0.25, -0.2) is 0 Å². The summed E-state index contributed by atoms with van der Waals surface area (Å²) in [7, 11) is 0. The molecule has 0 atom stereocenters. The number of amides is 1. The summed E-state index contributed by atoms with van der Waals surface area (Å²) in [5, 5.41) is 0. The molecule has 2 aliphatic heterocycles. The number of rotatable bonds is 3. The van der Waals surface area contributed by atoms with Crippen LogP contribution >= 0.6 is 12.4 Å². The summed E-state index contributed by atoms with van der Waals surface area (Å²) in [6.45, 7) is 5.37. The van der Waals surface area contributed by atoms with E-state index in [0.29, 0.717) is 25.7 Å². The molecular formula is C17H25ClN2O3. The molecule has 23 heavy (non-hydrogen) atoms. The predicted molar refractivity (Wildman–Crippen MR) is 90.5 cm³/mol. The number of hydrogen-bond acceptors (Lipinski definition) is 4. The van der Waals surface area contributed by atoms with E-state index in [9.17, 15) is 4.79 Å². The number of benzene rings is 1. The number of carbonyl (C=O) groups excluding carboxylic acids is 1. The molecule has 1 aromatic carbocycles. The van der Waals surface area contributed by atoms with Gasteiger partial charge in [0.25, 0.3) is 5.91 Å². The topological polar surface area (TPSA) is 64.8 Å². The third kappa shape index (κ3) is 3.86. The third-order valence-electron chi connectivity index (χ3n) is 4.82. The largest absolute Gasteiger partial charge is 0.348 e. The van der Waals surface area contributed by atoms with Crippen molar-refractivity contribution in [1.82, 2.24) is 4.90 Å². The Balaban J connectivity index is 0.00000192. The van der Waals surface area contributed by atoms with Crippen molar-refractivity contribution < 1.29 is 14.3 Å². The molecule has 0 radical (unpaired) electrons. The molecule has 1 aromatic rings. The molecule has 3 rings (SSSR count). The van der Waals surface area contributed by atoms with Gasteiger partial charge >= 0.3 is 0 Å². The quantitative estimate of drug-likeness (QED) is 0.916. The lowest BCUT2D eigenvalue weighted by atomic mass is 9.89. The maximum absolute atomic E-state index is 12.5. The zero-order valence-electron chi connectivity index (χ0n) is 13.5. The first-order valence-electron chi connectivity index (χ1n) is 7.98. The van der Waals surface area contributed by atoms with Gasteiger partial charge in [0.2, 0.25) is 0 Å². The Labute approximate surface area is 143 Å². The van der Waals surface area contributed by atoms with E-state index >= 15 is 0 Å². The van der Waals surface area contributed by atoms with E-state index in [1.54, 1.807) is 0 Å². The van der Waals surface area contributed by atoms with E-state index in [-0.39, 0.29) is 18.3 Å². The molecule has 1 amide bonds. The van der Waals surface area contributed by atoms with Crippen LogP contribution in [0.25, 0.3) is 0 Å². The molecule has 128 valence electrons. The molecule has 2 heterocycles. The van der Waals surface area contributed by atoms with Gasteiger partial charge in [0.15, 0.2) is 5.79 Å². The van der Waals surface area contributed by atoms with Crippen LogP contribution in [0.4, 0.5) is 0 Å². The predicted octanol–water partition coefficient (Wildman–Crippen LogP) is 2.18. The SMILES string of the molecule is CC1(C2CCN(C(=O)c3ccc(CN)cc3)CC2)OCCO1.Cl. The highest BCUT2D eigenvalue weighted by molar-refractivity contribution is 5.94. The van der Waals surface area contributed by atoms with Crippen LogP contribution in [0, 0.1) is 5.92 Å². The second kappa shape index (κ2) is 7.62. The number of carbonyl (C=O) groups is 1. The summed E-state index contributed by atoms with van der Waals surface area (Å²) >= 11 is 0. The average molecular weight is 341 g/mol. The van der Waals surface area contributed by atoms with Gasteiger partial charge in [-0.1, -0.05) is 12.1 Å². The number of nitrogens with zero attached hydrogens (tertiary/aromatic N) is 1. The van der Waals surface area contributed by atoms with Crippen LogP contribution in [0.15, 0.2) is 24.3 Å². The first-order valence-corrected chi connectivity index (χ1v) is 7.98. The lowest BCUT2D eigenvalue weighted by molar-refractivity contribution is -0.189. The zero-order valence-corrected chi connectivity index (χ0v) is 14.3. The summed E-state index contributed by atoms with van der Waals surface area (Å²) < 4.78 is 11.5. The molecule has 0 bridgehead atoms. The molecule has 2 aliphatic rings. The third-order valence-corrected chi connectivity index (χ3v) is 4.82. The fourth-order valence-electron chi connectivity index (χ4n) is 3.34. The van der Waals surface area contributed by atoms with Crippen molar-refractivity contribution in [3.63, 3.8) is 0 Å². The number of likely N-dealkylation sites (tertiary alicyclic amines) is 1. The van der Waals surface area contributed by atoms with Crippen LogP contribution in [0.2, 0.25) is 0 Å². The maximum Gasteiger partial charge on any atom is 0.253 e. The van der Waals surface area contributed by atoms with E-state index in [1.165, 1.54) is 0 Å². The van der Waals surface area contributed by atoms with Crippen molar-refractivity contribution in [2.75, 3.05) is 26.3 Å². The minimum atomic E-state index is -0.460. The summed E-state index contributed by atoms with van der Waals surface area (Å²) in [4.78, 5) is 14.5. The van der Waals surface area contributed by atoms with Crippen molar-refractivity contribution in [2.24, 2.45) is 11.7 Å². The molecule has 5 nitrogen and oxygen atoms in total. The van der Waals surface area contributed by atoms with Crippen LogP contribution in [-0.4, -0.2) is 42.9 Å². The van der Waals surface area contributed by atoms with Crippen LogP contribution in [0.3, 0.4) is 0 Å². The molecule has 0 aromatic heterocycles. The molecule has 0 unspecified atom stereocenters. The van der Waals surface area contributed by atoms with Crippen molar-refractivity contribution in [2.45, 2.75) is 32.1 Å². The van der Waals surface area contributed by atoms with E-state index < -0.39 is 5.79 Å². The lowest BCUT2D eigenvalue weighted by Crippen LogP contribution is -2.46. The monoisotopic (exact) mass is 340 g/mol. The van der Waals surface area contributed by atoms with Crippen LogP contribution in [-0.2, 0) is 16.0 Å². The molecule has 2 saturated heterocycles. The highest BCUT2D eigenvalue weighted by Gasteiger charge is 2.41. The summed E-state index contributed by atoms with van der Waals surface area (Å²) in [6, 6.07) is 7.56. The first kappa shape index (κ1) is 18.2.